The molecule has 1 aromatic carbocycles. The standard InChI is InChI=1S/C27H30N4O4/c1-30(2)26(33)27(24-10-5-7-15-29-24)13-8-16-31(19-27)25(32)20-11-12-22(34-3)23(17-20)35-18-21-9-4-6-14-28-21/h4-7,9-12,14-15,17H,8,13,16,18-19H2,1-3H3. The zero-order valence-corrected chi connectivity index (χ0v) is 20.3. The molecule has 3 heterocycles. The van der Waals surface area contributed by atoms with Crippen molar-refractivity contribution >= 4 is 11.8 Å². The number of hydrogen-bond acceptors (Lipinski definition) is 6. The maximum Gasteiger partial charge on any atom is 0.254 e. The third-order valence-corrected chi connectivity index (χ3v) is 6.26. The first-order valence-electron chi connectivity index (χ1n) is 11.6. The molecule has 0 saturated carbocycles. The topological polar surface area (TPSA) is 84.9 Å². The van der Waals surface area contributed by atoms with Gasteiger partial charge in [-0.1, -0.05) is 12.1 Å². The molecule has 0 N–H and O–H groups in total. The fraction of sp³-hybridized carbons (Fsp3) is 0.333. The summed E-state index contributed by atoms with van der Waals surface area (Å²) >= 11 is 0. The van der Waals surface area contributed by atoms with Crippen LogP contribution in [0.15, 0.2) is 67.0 Å². The van der Waals surface area contributed by atoms with Gasteiger partial charge in [0.15, 0.2) is 11.5 Å². The minimum atomic E-state index is -0.885. The number of carbonyl (C=O) groups is 2. The molecule has 1 aliphatic heterocycles. The van der Waals surface area contributed by atoms with Gasteiger partial charge >= 0.3 is 0 Å². The molecule has 182 valence electrons. The molecule has 0 radical (unpaired) electrons. The van der Waals surface area contributed by atoms with E-state index in [1.807, 2.05) is 36.4 Å². The molecule has 3 aromatic rings. The van der Waals surface area contributed by atoms with E-state index >= 15 is 0 Å². The summed E-state index contributed by atoms with van der Waals surface area (Å²) in [5.41, 5.74) is 1.04. The third kappa shape index (κ3) is 5.11. The van der Waals surface area contributed by atoms with Crippen LogP contribution in [0.2, 0.25) is 0 Å². The van der Waals surface area contributed by atoms with Crippen LogP contribution in [0.25, 0.3) is 0 Å². The lowest BCUT2D eigenvalue weighted by atomic mass is 9.75. The smallest absolute Gasteiger partial charge is 0.254 e. The molecule has 35 heavy (non-hydrogen) atoms. The predicted molar refractivity (Wildman–Crippen MR) is 131 cm³/mol. The molecule has 1 fully saturated rings. The highest BCUT2D eigenvalue weighted by Gasteiger charge is 2.47. The normalized spacial score (nSPS) is 17.5. The molecule has 1 atom stereocenters. The van der Waals surface area contributed by atoms with E-state index in [4.69, 9.17) is 9.47 Å². The third-order valence-electron chi connectivity index (χ3n) is 6.26. The number of pyridine rings is 2. The van der Waals surface area contributed by atoms with E-state index < -0.39 is 5.41 Å². The van der Waals surface area contributed by atoms with Crippen molar-refractivity contribution in [3.63, 3.8) is 0 Å². The number of aromatic nitrogens is 2. The van der Waals surface area contributed by atoms with Crippen molar-refractivity contribution in [2.45, 2.75) is 24.9 Å². The average Bonchev–Trinajstić information content (AvgIpc) is 2.91. The SMILES string of the molecule is COc1ccc(C(=O)N2CCCC(C(=O)N(C)C)(c3ccccn3)C2)cc1OCc1ccccn1. The minimum absolute atomic E-state index is 0.0529. The Kier molecular flexibility index (Phi) is 7.29. The Balaban J connectivity index is 1.60. The summed E-state index contributed by atoms with van der Waals surface area (Å²) in [7, 11) is 5.04. The molecule has 1 unspecified atom stereocenters. The van der Waals surface area contributed by atoms with Gasteiger partial charge in [0, 0.05) is 45.1 Å². The van der Waals surface area contributed by atoms with Crippen LogP contribution >= 0.6 is 0 Å². The van der Waals surface area contributed by atoms with E-state index in [0.29, 0.717) is 42.1 Å². The van der Waals surface area contributed by atoms with Crippen LogP contribution in [0.3, 0.4) is 0 Å². The predicted octanol–water partition coefficient (Wildman–Crippen LogP) is 3.33. The summed E-state index contributed by atoms with van der Waals surface area (Å²) in [6.45, 7) is 1.07. The molecule has 0 spiro atoms. The minimum Gasteiger partial charge on any atom is -0.493 e. The maximum atomic E-state index is 13.6. The molecule has 2 aromatic heterocycles. The average molecular weight is 475 g/mol. The lowest BCUT2D eigenvalue weighted by Crippen LogP contribution is -2.56. The number of benzene rings is 1. The summed E-state index contributed by atoms with van der Waals surface area (Å²) < 4.78 is 11.4. The van der Waals surface area contributed by atoms with Crippen LogP contribution in [0.5, 0.6) is 11.5 Å². The monoisotopic (exact) mass is 474 g/mol. The van der Waals surface area contributed by atoms with Gasteiger partial charge in [-0.15, -0.1) is 0 Å². The van der Waals surface area contributed by atoms with Crippen LogP contribution in [-0.4, -0.2) is 65.9 Å². The second kappa shape index (κ2) is 10.5. The number of ether oxygens (including phenoxy) is 2. The van der Waals surface area contributed by atoms with E-state index in [-0.39, 0.29) is 25.0 Å². The Bertz CT molecular complexity index is 1170. The second-order valence-corrected chi connectivity index (χ2v) is 8.80. The van der Waals surface area contributed by atoms with Crippen molar-refractivity contribution in [3.05, 3.63) is 83.9 Å². The number of carbonyl (C=O) groups excluding carboxylic acids is 2. The summed E-state index contributed by atoms with van der Waals surface area (Å²) in [6.07, 6.45) is 4.72. The first-order chi connectivity index (χ1) is 16.9. The van der Waals surface area contributed by atoms with Gasteiger partial charge in [0.2, 0.25) is 5.91 Å². The van der Waals surface area contributed by atoms with Crippen LogP contribution in [-0.2, 0) is 16.8 Å². The molecule has 0 aliphatic carbocycles. The molecule has 1 saturated heterocycles. The molecule has 8 heteroatoms. The zero-order valence-electron chi connectivity index (χ0n) is 20.3. The van der Waals surface area contributed by atoms with Gasteiger partial charge in [0.05, 0.1) is 18.5 Å². The molecule has 4 rings (SSSR count). The first-order valence-corrected chi connectivity index (χ1v) is 11.6. The van der Waals surface area contributed by atoms with Crippen LogP contribution < -0.4 is 9.47 Å². The molecule has 1 aliphatic rings. The van der Waals surface area contributed by atoms with E-state index in [1.54, 1.807) is 61.6 Å². The Hall–Kier alpha value is -3.94. The van der Waals surface area contributed by atoms with Gasteiger partial charge < -0.3 is 19.3 Å². The van der Waals surface area contributed by atoms with Gasteiger partial charge in [-0.3, -0.25) is 19.6 Å². The van der Waals surface area contributed by atoms with E-state index in [0.717, 1.165) is 5.69 Å². The van der Waals surface area contributed by atoms with Crippen molar-refractivity contribution in [3.8, 4) is 11.5 Å². The number of hydrogen-bond donors (Lipinski definition) is 0. The summed E-state index contributed by atoms with van der Waals surface area (Å²) in [4.78, 5) is 39.1. The second-order valence-electron chi connectivity index (χ2n) is 8.80. The lowest BCUT2D eigenvalue weighted by molar-refractivity contribution is -0.136. The van der Waals surface area contributed by atoms with Crippen molar-refractivity contribution in [2.24, 2.45) is 0 Å². The number of methoxy groups -OCH3 is 1. The summed E-state index contributed by atoms with van der Waals surface area (Å²) in [5.74, 6) is 0.771. The Morgan fingerprint density at radius 2 is 1.80 bits per heavy atom. The van der Waals surface area contributed by atoms with Crippen molar-refractivity contribution in [1.82, 2.24) is 19.8 Å². The molecule has 2 amide bonds. The number of likely N-dealkylation sites (tertiary alicyclic amines) is 1. The highest BCUT2D eigenvalue weighted by Crippen LogP contribution is 2.36. The van der Waals surface area contributed by atoms with E-state index in [1.165, 1.54) is 0 Å². The van der Waals surface area contributed by atoms with E-state index in [9.17, 15) is 9.59 Å². The van der Waals surface area contributed by atoms with Gasteiger partial charge in [-0.2, -0.15) is 0 Å². The number of amides is 2. The number of nitrogens with zero attached hydrogens (tertiary/aromatic N) is 4. The largest absolute Gasteiger partial charge is 0.493 e. The highest BCUT2D eigenvalue weighted by atomic mass is 16.5. The number of rotatable bonds is 7. The molecular weight excluding hydrogens is 444 g/mol. The van der Waals surface area contributed by atoms with Crippen LogP contribution in [0.4, 0.5) is 0 Å². The molecule has 8 nitrogen and oxygen atoms in total. The van der Waals surface area contributed by atoms with Gasteiger partial charge in [0.25, 0.3) is 5.91 Å². The Labute approximate surface area is 205 Å². The van der Waals surface area contributed by atoms with Crippen molar-refractivity contribution in [1.29, 1.82) is 0 Å². The summed E-state index contributed by atoms with van der Waals surface area (Å²) in [5, 5.41) is 0. The fourth-order valence-corrected chi connectivity index (χ4v) is 4.54. The number of likely N-dealkylation sites (N-methyl/N-ethyl adjacent to an activating group) is 1. The zero-order chi connectivity index (χ0) is 24.8. The highest BCUT2D eigenvalue weighted by molar-refractivity contribution is 5.96. The Morgan fingerprint density at radius 1 is 1.03 bits per heavy atom. The van der Waals surface area contributed by atoms with Gasteiger partial charge in [-0.25, -0.2) is 0 Å². The van der Waals surface area contributed by atoms with Crippen LogP contribution in [0.1, 0.15) is 34.6 Å². The fourth-order valence-electron chi connectivity index (χ4n) is 4.54. The molecule has 0 bridgehead atoms. The Morgan fingerprint density at radius 3 is 2.46 bits per heavy atom. The van der Waals surface area contributed by atoms with Gasteiger partial charge in [0.1, 0.15) is 12.0 Å². The lowest BCUT2D eigenvalue weighted by Gasteiger charge is -2.42. The number of piperidine rings is 1. The summed E-state index contributed by atoms with van der Waals surface area (Å²) in [6, 6.07) is 16.3. The van der Waals surface area contributed by atoms with Crippen LogP contribution in [0, 0.1) is 0 Å². The first kappa shape index (κ1) is 24.2. The van der Waals surface area contributed by atoms with Gasteiger partial charge in [-0.05, 0) is 55.3 Å². The van der Waals surface area contributed by atoms with Crippen molar-refractivity contribution in [2.75, 3.05) is 34.3 Å². The quantitative estimate of drug-likeness (QED) is 0.522. The maximum absolute atomic E-state index is 13.6. The van der Waals surface area contributed by atoms with Crippen molar-refractivity contribution < 1.29 is 19.1 Å². The molecular formula is C27H30N4O4. The van der Waals surface area contributed by atoms with E-state index in [2.05, 4.69) is 9.97 Å².